The number of amides is 1. The third-order valence-corrected chi connectivity index (χ3v) is 5.84. The molecule has 0 spiro atoms. The van der Waals surface area contributed by atoms with Crippen LogP contribution in [0.1, 0.15) is 5.56 Å². The molecule has 0 aliphatic rings. The van der Waals surface area contributed by atoms with E-state index in [0.717, 1.165) is 17.3 Å². The number of carbonyl (C=O) groups is 1. The SMILES string of the molecule is COc1cc(Cl)c(C)cc1NC(=O)CSc1nnc(-c2cc(Cl)ccc2Cl)n1N. The first kappa shape index (κ1) is 21.6. The summed E-state index contributed by atoms with van der Waals surface area (Å²) >= 11 is 19.4. The molecule has 0 bridgehead atoms. The van der Waals surface area contributed by atoms with Crippen molar-refractivity contribution >= 4 is 58.2 Å². The van der Waals surface area contributed by atoms with Crippen LogP contribution in [-0.2, 0) is 4.79 Å². The highest BCUT2D eigenvalue weighted by molar-refractivity contribution is 7.99. The van der Waals surface area contributed by atoms with Crippen molar-refractivity contribution in [2.45, 2.75) is 12.1 Å². The van der Waals surface area contributed by atoms with Gasteiger partial charge in [-0.2, -0.15) is 0 Å². The van der Waals surface area contributed by atoms with Crippen molar-refractivity contribution in [1.29, 1.82) is 0 Å². The van der Waals surface area contributed by atoms with E-state index in [1.807, 2.05) is 6.92 Å². The zero-order valence-electron chi connectivity index (χ0n) is 15.4. The quantitative estimate of drug-likeness (QED) is 0.400. The van der Waals surface area contributed by atoms with Crippen LogP contribution in [0.2, 0.25) is 15.1 Å². The van der Waals surface area contributed by atoms with Crippen LogP contribution in [0, 0.1) is 6.92 Å². The summed E-state index contributed by atoms with van der Waals surface area (Å²) in [4.78, 5) is 12.4. The molecule has 0 aliphatic heterocycles. The first-order valence-electron chi connectivity index (χ1n) is 8.23. The van der Waals surface area contributed by atoms with E-state index in [2.05, 4.69) is 15.5 Å². The van der Waals surface area contributed by atoms with Gasteiger partial charge in [-0.15, -0.1) is 10.2 Å². The number of rotatable bonds is 6. The van der Waals surface area contributed by atoms with Crippen molar-refractivity contribution in [3.63, 3.8) is 0 Å². The zero-order chi connectivity index (χ0) is 21.1. The van der Waals surface area contributed by atoms with Gasteiger partial charge in [0, 0.05) is 21.7 Å². The number of halogens is 3. The van der Waals surface area contributed by atoms with Crippen molar-refractivity contribution in [1.82, 2.24) is 14.9 Å². The lowest BCUT2D eigenvalue weighted by Crippen LogP contribution is -2.17. The average molecular weight is 473 g/mol. The Morgan fingerprint density at radius 2 is 1.97 bits per heavy atom. The lowest BCUT2D eigenvalue weighted by molar-refractivity contribution is -0.113. The maximum absolute atomic E-state index is 12.4. The number of aromatic nitrogens is 3. The Morgan fingerprint density at radius 3 is 2.69 bits per heavy atom. The molecule has 2 aromatic carbocycles. The molecule has 7 nitrogen and oxygen atoms in total. The van der Waals surface area contributed by atoms with Crippen LogP contribution in [0.25, 0.3) is 11.4 Å². The molecule has 3 rings (SSSR count). The molecule has 1 amide bonds. The Bertz CT molecular complexity index is 1070. The Hall–Kier alpha value is -2.13. The van der Waals surface area contributed by atoms with Gasteiger partial charge in [0.1, 0.15) is 5.75 Å². The number of hydrogen-bond acceptors (Lipinski definition) is 6. The van der Waals surface area contributed by atoms with E-state index >= 15 is 0 Å². The molecule has 11 heteroatoms. The first-order valence-corrected chi connectivity index (χ1v) is 10.3. The van der Waals surface area contributed by atoms with Gasteiger partial charge < -0.3 is 15.9 Å². The molecule has 0 aliphatic carbocycles. The fourth-order valence-electron chi connectivity index (χ4n) is 2.47. The minimum Gasteiger partial charge on any atom is -0.495 e. The number of carbonyl (C=O) groups excluding carboxylic acids is 1. The number of benzene rings is 2. The minimum atomic E-state index is -0.264. The number of methoxy groups -OCH3 is 1. The van der Waals surface area contributed by atoms with Gasteiger partial charge in [-0.1, -0.05) is 46.6 Å². The molecule has 29 heavy (non-hydrogen) atoms. The van der Waals surface area contributed by atoms with Gasteiger partial charge in [0.2, 0.25) is 11.1 Å². The number of aryl methyl sites for hydroxylation is 1. The van der Waals surface area contributed by atoms with Gasteiger partial charge in [-0.25, -0.2) is 4.68 Å². The van der Waals surface area contributed by atoms with Crippen molar-refractivity contribution in [2.75, 3.05) is 24.0 Å². The van der Waals surface area contributed by atoms with E-state index in [0.29, 0.717) is 43.0 Å². The van der Waals surface area contributed by atoms with Gasteiger partial charge in [-0.3, -0.25) is 4.79 Å². The monoisotopic (exact) mass is 471 g/mol. The largest absolute Gasteiger partial charge is 0.495 e. The first-order chi connectivity index (χ1) is 13.8. The zero-order valence-corrected chi connectivity index (χ0v) is 18.5. The Balaban J connectivity index is 1.71. The molecule has 1 heterocycles. The highest BCUT2D eigenvalue weighted by Gasteiger charge is 2.17. The second-order valence-corrected chi connectivity index (χ2v) is 8.13. The van der Waals surface area contributed by atoms with E-state index in [4.69, 9.17) is 45.4 Å². The molecule has 0 radical (unpaired) electrons. The van der Waals surface area contributed by atoms with Gasteiger partial charge >= 0.3 is 0 Å². The molecule has 0 saturated heterocycles. The predicted octanol–water partition coefficient (Wildman–Crippen LogP) is 4.67. The van der Waals surface area contributed by atoms with Gasteiger partial charge in [0.05, 0.1) is 23.6 Å². The van der Waals surface area contributed by atoms with Crippen molar-refractivity contribution in [3.8, 4) is 17.1 Å². The van der Waals surface area contributed by atoms with Crippen LogP contribution in [-0.4, -0.2) is 33.6 Å². The molecule has 1 aromatic heterocycles. The van der Waals surface area contributed by atoms with Crippen molar-refractivity contribution < 1.29 is 9.53 Å². The van der Waals surface area contributed by atoms with Gasteiger partial charge in [0.15, 0.2) is 5.82 Å². The van der Waals surface area contributed by atoms with Gasteiger partial charge in [0.25, 0.3) is 0 Å². The highest BCUT2D eigenvalue weighted by Crippen LogP contribution is 2.32. The number of nitrogens with two attached hydrogens (primary N) is 1. The van der Waals surface area contributed by atoms with Crippen LogP contribution >= 0.6 is 46.6 Å². The fraction of sp³-hybridized carbons (Fsp3) is 0.167. The number of nitrogen functional groups attached to an aromatic ring is 1. The van der Waals surface area contributed by atoms with Crippen LogP contribution in [0.4, 0.5) is 5.69 Å². The summed E-state index contributed by atoms with van der Waals surface area (Å²) in [6.07, 6.45) is 0. The van der Waals surface area contributed by atoms with Crippen LogP contribution in [0.5, 0.6) is 5.75 Å². The lowest BCUT2D eigenvalue weighted by atomic mass is 10.2. The average Bonchev–Trinajstić information content (AvgIpc) is 3.05. The summed E-state index contributed by atoms with van der Waals surface area (Å²) in [7, 11) is 1.50. The predicted molar refractivity (Wildman–Crippen MR) is 118 cm³/mol. The number of nitrogens with zero attached hydrogens (tertiary/aromatic N) is 3. The minimum absolute atomic E-state index is 0.0590. The van der Waals surface area contributed by atoms with E-state index in [1.54, 1.807) is 30.3 Å². The number of nitrogens with one attached hydrogen (secondary N) is 1. The van der Waals surface area contributed by atoms with Crippen LogP contribution < -0.4 is 15.9 Å². The molecule has 0 atom stereocenters. The number of hydrogen-bond donors (Lipinski definition) is 2. The molecule has 0 saturated carbocycles. The molecule has 3 aromatic rings. The van der Waals surface area contributed by atoms with E-state index in [-0.39, 0.29) is 11.7 Å². The second kappa shape index (κ2) is 9.13. The standard InChI is InChI=1S/C18H16Cl3N5O2S/c1-9-5-14(15(28-2)7-13(9)21)23-16(27)8-29-18-25-24-17(26(18)22)11-6-10(19)3-4-12(11)20/h3-7H,8,22H2,1-2H3,(H,23,27). The third-order valence-electron chi connectivity index (χ3n) is 3.92. The fourth-order valence-corrected chi connectivity index (χ4v) is 3.66. The molecule has 0 fully saturated rings. The third kappa shape index (κ3) is 4.90. The molecule has 3 N–H and O–H groups in total. The molecular formula is C18H16Cl3N5O2S. The Kier molecular flexibility index (Phi) is 6.79. The highest BCUT2D eigenvalue weighted by atomic mass is 35.5. The Labute approximate surface area is 186 Å². The second-order valence-electron chi connectivity index (χ2n) is 5.94. The summed E-state index contributed by atoms with van der Waals surface area (Å²) in [5, 5.41) is 12.7. The normalized spacial score (nSPS) is 10.8. The summed E-state index contributed by atoms with van der Waals surface area (Å²) < 4.78 is 6.53. The number of thioether (sulfide) groups is 1. The smallest absolute Gasteiger partial charge is 0.234 e. The lowest BCUT2D eigenvalue weighted by Gasteiger charge is -2.12. The molecule has 152 valence electrons. The number of ether oxygens (including phenoxy) is 1. The number of anilines is 1. The Morgan fingerprint density at radius 1 is 1.21 bits per heavy atom. The van der Waals surface area contributed by atoms with Crippen LogP contribution in [0.15, 0.2) is 35.5 Å². The summed E-state index contributed by atoms with van der Waals surface area (Å²) in [6.45, 7) is 1.84. The van der Waals surface area contributed by atoms with Gasteiger partial charge in [-0.05, 0) is 36.8 Å². The summed E-state index contributed by atoms with van der Waals surface area (Å²) in [5.41, 5.74) is 1.90. The van der Waals surface area contributed by atoms with E-state index in [9.17, 15) is 4.79 Å². The molecule has 0 unspecified atom stereocenters. The van der Waals surface area contributed by atoms with Crippen molar-refractivity contribution in [2.24, 2.45) is 0 Å². The maximum Gasteiger partial charge on any atom is 0.234 e. The molecular weight excluding hydrogens is 457 g/mol. The summed E-state index contributed by atoms with van der Waals surface area (Å²) in [6, 6.07) is 8.35. The van der Waals surface area contributed by atoms with E-state index < -0.39 is 0 Å². The summed E-state index contributed by atoms with van der Waals surface area (Å²) in [5.74, 6) is 6.69. The van der Waals surface area contributed by atoms with E-state index in [1.165, 1.54) is 11.8 Å². The van der Waals surface area contributed by atoms with Crippen molar-refractivity contribution in [3.05, 3.63) is 51.0 Å². The maximum atomic E-state index is 12.4. The topological polar surface area (TPSA) is 95.1 Å². The van der Waals surface area contributed by atoms with Crippen LogP contribution in [0.3, 0.4) is 0 Å².